The number of nitrogens with zero attached hydrogens (tertiary/aromatic N) is 4. The molecule has 0 bridgehead atoms. The third-order valence-corrected chi connectivity index (χ3v) is 5.34. The van der Waals surface area contributed by atoms with Crippen LogP contribution in [0.15, 0.2) is 62.6 Å². The van der Waals surface area contributed by atoms with Crippen molar-refractivity contribution in [1.82, 2.24) is 19.3 Å². The highest BCUT2D eigenvalue weighted by Gasteiger charge is 2.30. The van der Waals surface area contributed by atoms with Crippen LogP contribution in [0.2, 0.25) is 0 Å². The van der Waals surface area contributed by atoms with Crippen LogP contribution in [0.4, 0.5) is 13.2 Å². The minimum Gasteiger partial charge on any atom is -0.337 e. The van der Waals surface area contributed by atoms with E-state index in [0.29, 0.717) is 22.9 Å². The molecule has 10 heteroatoms. The van der Waals surface area contributed by atoms with Gasteiger partial charge in [-0.2, -0.15) is 18.2 Å². The van der Waals surface area contributed by atoms with E-state index in [9.17, 15) is 22.8 Å². The topological polar surface area (TPSA) is 82.9 Å². The first-order chi connectivity index (χ1) is 15.2. The first kappa shape index (κ1) is 21.5. The molecule has 7 nitrogen and oxygen atoms in total. The molecule has 0 saturated heterocycles. The number of fused-ring (bicyclic) bond motifs is 1. The lowest BCUT2D eigenvalue weighted by Gasteiger charge is -2.16. The van der Waals surface area contributed by atoms with Crippen LogP contribution in [0.25, 0.3) is 22.3 Å². The van der Waals surface area contributed by atoms with Crippen LogP contribution in [0, 0.1) is 0 Å². The summed E-state index contributed by atoms with van der Waals surface area (Å²) in [5, 5.41) is 4.21. The van der Waals surface area contributed by atoms with Gasteiger partial charge in [-0.3, -0.25) is 13.9 Å². The lowest BCUT2D eigenvalue weighted by molar-refractivity contribution is -0.137. The first-order valence-electron chi connectivity index (χ1n) is 9.95. The van der Waals surface area contributed by atoms with E-state index in [2.05, 4.69) is 10.1 Å². The zero-order chi connectivity index (χ0) is 23.0. The van der Waals surface area contributed by atoms with E-state index < -0.39 is 17.4 Å². The number of para-hydroxylation sites is 1. The SMILES string of the molecule is CC[C@H](C)n1c(=O)c2ccccc2n(Cc2nc(-c3ccc(C(F)(F)F)cc3)no2)c1=O. The molecule has 2 aromatic carbocycles. The second kappa shape index (κ2) is 8.10. The molecule has 0 radical (unpaired) electrons. The summed E-state index contributed by atoms with van der Waals surface area (Å²) in [4.78, 5) is 30.2. The molecule has 4 rings (SSSR count). The summed E-state index contributed by atoms with van der Waals surface area (Å²) < 4.78 is 46.1. The van der Waals surface area contributed by atoms with Crippen LogP contribution in [-0.2, 0) is 12.7 Å². The van der Waals surface area contributed by atoms with Gasteiger partial charge in [-0.15, -0.1) is 0 Å². The number of hydrogen-bond donors (Lipinski definition) is 0. The van der Waals surface area contributed by atoms with E-state index in [-0.39, 0.29) is 29.9 Å². The summed E-state index contributed by atoms with van der Waals surface area (Å²) in [5.41, 5.74) is -0.883. The van der Waals surface area contributed by atoms with Crippen LogP contribution in [0.1, 0.15) is 37.8 Å². The Morgan fingerprint density at radius 3 is 2.41 bits per heavy atom. The fourth-order valence-corrected chi connectivity index (χ4v) is 3.44. The van der Waals surface area contributed by atoms with Crippen molar-refractivity contribution in [3.05, 3.63) is 80.8 Å². The molecular weight excluding hydrogens is 425 g/mol. The summed E-state index contributed by atoms with van der Waals surface area (Å²) >= 11 is 0. The Labute approximate surface area is 179 Å². The zero-order valence-corrected chi connectivity index (χ0v) is 17.3. The van der Waals surface area contributed by atoms with E-state index in [4.69, 9.17) is 4.52 Å². The van der Waals surface area contributed by atoms with Crippen LogP contribution >= 0.6 is 0 Å². The van der Waals surface area contributed by atoms with Crippen molar-refractivity contribution in [1.29, 1.82) is 0 Å². The fraction of sp³-hybridized carbons (Fsp3) is 0.273. The van der Waals surface area contributed by atoms with Crippen molar-refractivity contribution < 1.29 is 17.7 Å². The highest BCUT2D eigenvalue weighted by molar-refractivity contribution is 5.77. The molecule has 0 aliphatic heterocycles. The van der Waals surface area contributed by atoms with Gasteiger partial charge in [0.25, 0.3) is 5.56 Å². The maximum atomic E-state index is 13.1. The van der Waals surface area contributed by atoms with Gasteiger partial charge < -0.3 is 4.52 Å². The molecule has 0 fully saturated rings. The van der Waals surface area contributed by atoms with Crippen molar-refractivity contribution in [2.45, 2.75) is 39.0 Å². The highest BCUT2D eigenvalue weighted by Crippen LogP contribution is 2.30. The lowest BCUT2D eigenvalue weighted by atomic mass is 10.1. The second-order valence-corrected chi connectivity index (χ2v) is 7.41. The maximum Gasteiger partial charge on any atom is 0.416 e. The zero-order valence-electron chi connectivity index (χ0n) is 17.3. The Morgan fingerprint density at radius 2 is 1.75 bits per heavy atom. The summed E-state index contributed by atoms with van der Waals surface area (Å²) in [6, 6.07) is 10.8. The predicted molar refractivity (Wildman–Crippen MR) is 111 cm³/mol. The molecular formula is C22H19F3N4O3. The quantitative estimate of drug-likeness (QED) is 0.460. The molecule has 0 aliphatic rings. The van der Waals surface area contributed by atoms with E-state index in [1.807, 2.05) is 6.92 Å². The molecule has 2 heterocycles. The lowest BCUT2D eigenvalue weighted by Crippen LogP contribution is -2.41. The summed E-state index contributed by atoms with van der Waals surface area (Å²) in [6.45, 7) is 3.57. The van der Waals surface area contributed by atoms with Gasteiger partial charge in [-0.25, -0.2) is 4.79 Å². The minimum atomic E-state index is -4.44. The molecule has 0 spiro atoms. The largest absolute Gasteiger partial charge is 0.416 e. The van der Waals surface area contributed by atoms with Crippen LogP contribution in [0.5, 0.6) is 0 Å². The second-order valence-electron chi connectivity index (χ2n) is 7.41. The molecule has 166 valence electrons. The van der Waals surface area contributed by atoms with Gasteiger partial charge in [0.05, 0.1) is 16.5 Å². The maximum absolute atomic E-state index is 13.1. The van der Waals surface area contributed by atoms with Gasteiger partial charge in [0.2, 0.25) is 11.7 Å². The number of hydrogen-bond acceptors (Lipinski definition) is 5. The molecule has 1 atom stereocenters. The minimum absolute atomic E-state index is 0.0847. The van der Waals surface area contributed by atoms with Gasteiger partial charge in [-0.1, -0.05) is 36.3 Å². The number of benzene rings is 2. The molecule has 0 amide bonds. The monoisotopic (exact) mass is 444 g/mol. The van der Waals surface area contributed by atoms with Crippen LogP contribution in [0.3, 0.4) is 0 Å². The van der Waals surface area contributed by atoms with Gasteiger partial charge >= 0.3 is 11.9 Å². The highest BCUT2D eigenvalue weighted by atomic mass is 19.4. The van der Waals surface area contributed by atoms with Crippen molar-refractivity contribution in [2.24, 2.45) is 0 Å². The Kier molecular flexibility index (Phi) is 5.45. The third kappa shape index (κ3) is 3.83. The molecule has 0 aliphatic carbocycles. The average Bonchev–Trinajstić information content (AvgIpc) is 3.25. The van der Waals surface area contributed by atoms with Crippen LogP contribution in [-0.4, -0.2) is 19.3 Å². The molecule has 0 N–H and O–H groups in total. The summed E-state index contributed by atoms with van der Waals surface area (Å²) in [7, 11) is 0. The predicted octanol–water partition coefficient (Wildman–Crippen LogP) is 4.25. The van der Waals surface area contributed by atoms with Crippen molar-refractivity contribution >= 4 is 10.9 Å². The fourth-order valence-electron chi connectivity index (χ4n) is 3.44. The summed E-state index contributed by atoms with van der Waals surface area (Å²) in [5.74, 6) is 0.183. The van der Waals surface area contributed by atoms with Gasteiger partial charge in [0.15, 0.2) is 0 Å². The van der Waals surface area contributed by atoms with E-state index >= 15 is 0 Å². The Morgan fingerprint density at radius 1 is 1.06 bits per heavy atom. The Bertz CT molecular complexity index is 1380. The Hall–Kier alpha value is -3.69. The molecule has 4 aromatic rings. The van der Waals surface area contributed by atoms with E-state index in [1.165, 1.54) is 21.3 Å². The van der Waals surface area contributed by atoms with Gasteiger partial charge in [-0.05, 0) is 37.6 Å². The van der Waals surface area contributed by atoms with Crippen LogP contribution < -0.4 is 11.2 Å². The average molecular weight is 444 g/mol. The van der Waals surface area contributed by atoms with Crippen molar-refractivity contribution in [2.75, 3.05) is 0 Å². The first-order valence-corrected chi connectivity index (χ1v) is 9.95. The number of rotatable bonds is 5. The molecule has 0 saturated carbocycles. The Balaban J connectivity index is 1.74. The molecule has 2 aromatic heterocycles. The molecule has 0 unspecified atom stereocenters. The van der Waals surface area contributed by atoms with E-state index in [0.717, 1.165) is 12.1 Å². The van der Waals surface area contributed by atoms with Gasteiger partial charge in [0.1, 0.15) is 6.54 Å². The normalized spacial score (nSPS) is 12.9. The standard InChI is InChI=1S/C22H19F3N4O3/c1-3-13(2)29-20(30)16-6-4-5-7-17(16)28(21(29)31)12-18-26-19(27-32-18)14-8-10-15(11-9-14)22(23,24)25/h4-11,13H,3,12H2,1-2H3/t13-/m0/s1. The van der Waals surface area contributed by atoms with E-state index in [1.54, 1.807) is 31.2 Å². The smallest absolute Gasteiger partial charge is 0.337 e. The molecule has 32 heavy (non-hydrogen) atoms. The third-order valence-electron chi connectivity index (χ3n) is 5.34. The van der Waals surface area contributed by atoms with Crippen molar-refractivity contribution in [3.8, 4) is 11.4 Å². The van der Waals surface area contributed by atoms with Crippen molar-refractivity contribution in [3.63, 3.8) is 0 Å². The van der Waals surface area contributed by atoms with Gasteiger partial charge in [0, 0.05) is 11.6 Å². The number of aromatic nitrogens is 4. The number of halogens is 3. The number of alkyl halides is 3. The summed E-state index contributed by atoms with van der Waals surface area (Å²) in [6.07, 6.45) is -3.85.